The van der Waals surface area contributed by atoms with Gasteiger partial charge in [-0.05, 0) is 42.7 Å². The molecule has 0 heterocycles. The Bertz CT molecular complexity index is 420. The molecule has 3 heteroatoms. The number of hydrogen-bond donors (Lipinski definition) is 1. The van der Waals surface area contributed by atoms with E-state index in [0.29, 0.717) is 12.7 Å². The Balaban J connectivity index is 1.90. The van der Waals surface area contributed by atoms with Gasteiger partial charge in [-0.2, -0.15) is 0 Å². The largest absolute Gasteiger partial charge is 0.481 e. The summed E-state index contributed by atoms with van der Waals surface area (Å²) in [5, 5.41) is 8.90. The van der Waals surface area contributed by atoms with Crippen LogP contribution >= 0.6 is 0 Å². The molecule has 1 saturated carbocycles. The maximum atomic E-state index is 10.8. The molecule has 0 spiro atoms. The summed E-state index contributed by atoms with van der Waals surface area (Å²) in [5.41, 5.74) is 1.86. The zero-order chi connectivity index (χ0) is 13.7. The van der Waals surface area contributed by atoms with E-state index in [0.717, 1.165) is 29.9 Å². The summed E-state index contributed by atoms with van der Waals surface area (Å²) in [6.07, 6.45) is 5.14. The summed E-state index contributed by atoms with van der Waals surface area (Å²) in [5.74, 6) is 0.0260. The van der Waals surface area contributed by atoms with Gasteiger partial charge < -0.3 is 9.84 Å². The lowest BCUT2D eigenvalue weighted by atomic mass is 9.89. The molecule has 19 heavy (non-hydrogen) atoms. The minimum absolute atomic E-state index is 0.0707. The third-order valence-corrected chi connectivity index (χ3v) is 3.90. The highest BCUT2D eigenvalue weighted by molar-refractivity contribution is 5.70. The zero-order valence-corrected chi connectivity index (χ0v) is 11.5. The van der Waals surface area contributed by atoms with E-state index in [1.807, 2.05) is 24.3 Å². The van der Waals surface area contributed by atoms with Gasteiger partial charge in [-0.15, -0.1) is 0 Å². The molecule has 1 aromatic rings. The highest BCUT2D eigenvalue weighted by Crippen LogP contribution is 2.26. The first kappa shape index (κ1) is 14.1. The molecule has 1 aliphatic rings. The SMILES string of the molecule is CC1CCC(OCc2ccccc2CC(=O)O)CC1. The molecule has 0 aliphatic heterocycles. The minimum Gasteiger partial charge on any atom is -0.481 e. The van der Waals surface area contributed by atoms with Gasteiger partial charge in [0.15, 0.2) is 0 Å². The first-order valence-corrected chi connectivity index (χ1v) is 7.05. The third-order valence-electron chi connectivity index (χ3n) is 3.90. The van der Waals surface area contributed by atoms with E-state index >= 15 is 0 Å². The predicted molar refractivity (Wildman–Crippen MR) is 74.0 cm³/mol. The van der Waals surface area contributed by atoms with Crippen molar-refractivity contribution in [2.45, 2.75) is 51.7 Å². The van der Waals surface area contributed by atoms with Gasteiger partial charge in [-0.25, -0.2) is 0 Å². The average molecular weight is 262 g/mol. The van der Waals surface area contributed by atoms with Crippen LogP contribution in [0.1, 0.15) is 43.7 Å². The second-order valence-electron chi connectivity index (χ2n) is 5.53. The number of benzene rings is 1. The molecule has 0 amide bonds. The second kappa shape index (κ2) is 6.71. The van der Waals surface area contributed by atoms with Gasteiger partial charge in [0.1, 0.15) is 0 Å². The van der Waals surface area contributed by atoms with Crippen molar-refractivity contribution < 1.29 is 14.6 Å². The number of carbonyl (C=O) groups is 1. The van der Waals surface area contributed by atoms with E-state index in [2.05, 4.69) is 6.92 Å². The molecule has 0 bridgehead atoms. The quantitative estimate of drug-likeness (QED) is 0.884. The van der Waals surface area contributed by atoms with Crippen molar-refractivity contribution >= 4 is 5.97 Å². The topological polar surface area (TPSA) is 46.5 Å². The van der Waals surface area contributed by atoms with Crippen molar-refractivity contribution in [1.82, 2.24) is 0 Å². The molecule has 0 atom stereocenters. The van der Waals surface area contributed by atoms with Gasteiger partial charge >= 0.3 is 5.97 Å². The van der Waals surface area contributed by atoms with Crippen molar-refractivity contribution in [3.05, 3.63) is 35.4 Å². The Morgan fingerprint density at radius 1 is 1.21 bits per heavy atom. The van der Waals surface area contributed by atoms with Gasteiger partial charge in [0.25, 0.3) is 0 Å². The lowest BCUT2D eigenvalue weighted by Gasteiger charge is -2.26. The van der Waals surface area contributed by atoms with Crippen molar-refractivity contribution in [1.29, 1.82) is 0 Å². The molecule has 1 aromatic carbocycles. The maximum absolute atomic E-state index is 10.8. The fourth-order valence-electron chi connectivity index (χ4n) is 2.64. The molecule has 2 rings (SSSR count). The predicted octanol–water partition coefficient (Wildman–Crippen LogP) is 3.41. The van der Waals surface area contributed by atoms with Crippen LogP contribution in [-0.4, -0.2) is 17.2 Å². The number of carboxylic acid groups (broad SMARTS) is 1. The molecular weight excluding hydrogens is 240 g/mol. The summed E-state index contributed by atoms with van der Waals surface area (Å²) in [6.45, 7) is 2.82. The molecule has 0 saturated heterocycles. The number of carboxylic acids is 1. The summed E-state index contributed by atoms with van der Waals surface area (Å²) in [6, 6.07) is 7.65. The lowest BCUT2D eigenvalue weighted by molar-refractivity contribution is -0.136. The van der Waals surface area contributed by atoms with E-state index in [-0.39, 0.29) is 6.42 Å². The van der Waals surface area contributed by atoms with Crippen LogP contribution in [0.15, 0.2) is 24.3 Å². The molecule has 1 N–H and O–H groups in total. The van der Waals surface area contributed by atoms with E-state index in [9.17, 15) is 4.79 Å². The van der Waals surface area contributed by atoms with Crippen LogP contribution in [-0.2, 0) is 22.6 Å². The summed E-state index contributed by atoms with van der Waals surface area (Å²) >= 11 is 0. The van der Waals surface area contributed by atoms with E-state index in [1.54, 1.807) is 0 Å². The van der Waals surface area contributed by atoms with Gasteiger partial charge in [0.2, 0.25) is 0 Å². The van der Waals surface area contributed by atoms with Crippen LogP contribution in [0.4, 0.5) is 0 Å². The van der Waals surface area contributed by atoms with Crippen LogP contribution in [0.25, 0.3) is 0 Å². The van der Waals surface area contributed by atoms with Crippen molar-refractivity contribution in [2.75, 3.05) is 0 Å². The fourth-order valence-corrected chi connectivity index (χ4v) is 2.64. The Hall–Kier alpha value is -1.35. The highest BCUT2D eigenvalue weighted by atomic mass is 16.5. The first-order chi connectivity index (χ1) is 9.15. The Labute approximate surface area is 114 Å². The van der Waals surface area contributed by atoms with Crippen LogP contribution in [0.2, 0.25) is 0 Å². The number of rotatable bonds is 5. The summed E-state index contributed by atoms with van der Waals surface area (Å²) in [7, 11) is 0. The smallest absolute Gasteiger partial charge is 0.307 e. The van der Waals surface area contributed by atoms with E-state index < -0.39 is 5.97 Å². The fraction of sp³-hybridized carbons (Fsp3) is 0.562. The first-order valence-electron chi connectivity index (χ1n) is 7.05. The lowest BCUT2D eigenvalue weighted by Crippen LogP contribution is -2.20. The van der Waals surface area contributed by atoms with Crippen LogP contribution in [0.5, 0.6) is 0 Å². The Morgan fingerprint density at radius 2 is 1.84 bits per heavy atom. The monoisotopic (exact) mass is 262 g/mol. The van der Waals surface area contributed by atoms with Gasteiger partial charge in [0.05, 0.1) is 19.1 Å². The number of ether oxygens (including phenoxy) is 1. The molecule has 0 aromatic heterocycles. The molecule has 3 nitrogen and oxygen atoms in total. The average Bonchev–Trinajstić information content (AvgIpc) is 2.39. The van der Waals surface area contributed by atoms with Crippen molar-refractivity contribution in [3.8, 4) is 0 Å². The summed E-state index contributed by atoms with van der Waals surface area (Å²) in [4.78, 5) is 10.8. The van der Waals surface area contributed by atoms with Crippen molar-refractivity contribution in [3.63, 3.8) is 0 Å². The molecular formula is C16H22O3. The van der Waals surface area contributed by atoms with E-state index in [1.165, 1.54) is 12.8 Å². The third kappa shape index (κ3) is 4.35. The molecule has 1 fully saturated rings. The van der Waals surface area contributed by atoms with Crippen LogP contribution in [0.3, 0.4) is 0 Å². The Kier molecular flexibility index (Phi) is 4.97. The van der Waals surface area contributed by atoms with Crippen LogP contribution in [0, 0.1) is 5.92 Å². The molecule has 1 aliphatic carbocycles. The van der Waals surface area contributed by atoms with Crippen molar-refractivity contribution in [2.24, 2.45) is 5.92 Å². The maximum Gasteiger partial charge on any atom is 0.307 e. The minimum atomic E-state index is -0.793. The van der Waals surface area contributed by atoms with Gasteiger partial charge in [-0.1, -0.05) is 31.2 Å². The van der Waals surface area contributed by atoms with Gasteiger partial charge in [0, 0.05) is 0 Å². The van der Waals surface area contributed by atoms with Gasteiger partial charge in [-0.3, -0.25) is 4.79 Å². The molecule has 0 radical (unpaired) electrons. The number of hydrogen-bond acceptors (Lipinski definition) is 2. The second-order valence-corrected chi connectivity index (χ2v) is 5.53. The molecule has 104 valence electrons. The zero-order valence-electron chi connectivity index (χ0n) is 11.5. The van der Waals surface area contributed by atoms with E-state index in [4.69, 9.17) is 9.84 Å². The summed E-state index contributed by atoms with van der Waals surface area (Å²) < 4.78 is 5.95. The normalized spacial score (nSPS) is 23.2. The standard InChI is InChI=1S/C16H22O3/c1-12-6-8-15(9-7-12)19-11-14-5-3-2-4-13(14)10-16(17)18/h2-5,12,15H,6-11H2,1H3,(H,17,18). The van der Waals surface area contributed by atoms with Crippen LogP contribution < -0.4 is 0 Å². The number of aliphatic carboxylic acids is 1. The molecule has 0 unspecified atom stereocenters. The Morgan fingerprint density at radius 3 is 2.47 bits per heavy atom. The highest BCUT2D eigenvalue weighted by Gasteiger charge is 2.19.